The number of hydrogen-bond acceptors (Lipinski definition) is 4. The van der Waals surface area contributed by atoms with Gasteiger partial charge in [0.05, 0.1) is 12.2 Å². The van der Waals surface area contributed by atoms with Gasteiger partial charge in [-0.3, -0.25) is 4.79 Å². The van der Waals surface area contributed by atoms with Gasteiger partial charge in [-0.2, -0.15) is 10.2 Å². The van der Waals surface area contributed by atoms with Crippen LogP contribution in [0.25, 0.3) is 0 Å². The van der Waals surface area contributed by atoms with Gasteiger partial charge in [0.2, 0.25) is 0 Å². The number of rotatable bonds is 5. The van der Waals surface area contributed by atoms with E-state index < -0.39 is 5.97 Å². The van der Waals surface area contributed by atoms with Crippen LogP contribution in [0.5, 0.6) is 0 Å². The SMILES string of the molecule is O=C(O)CCC1CCN(C(=O)NCc2cccnn2)C1. The first-order valence-corrected chi connectivity index (χ1v) is 6.66. The molecule has 1 fully saturated rings. The Bertz CT molecular complexity index is 466. The van der Waals surface area contributed by atoms with Crippen molar-refractivity contribution in [2.45, 2.75) is 25.8 Å². The first-order valence-electron chi connectivity index (χ1n) is 6.66. The Balaban J connectivity index is 1.73. The first kappa shape index (κ1) is 14.2. The fourth-order valence-electron chi connectivity index (χ4n) is 2.29. The summed E-state index contributed by atoms with van der Waals surface area (Å²) in [5, 5.41) is 19.1. The average molecular weight is 278 g/mol. The molecular formula is C13H18N4O3. The van der Waals surface area contributed by atoms with Crippen LogP contribution in [0.4, 0.5) is 4.79 Å². The molecular weight excluding hydrogens is 260 g/mol. The lowest BCUT2D eigenvalue weighted by atomic mass is 10.0. The van der Waals surface area contributed by atoms with E-state index >= 15 is 0 Å². The van der Waals surface area contributed by atoms with Gasteiger partial charge in [0.15, 0.2) is 0 Å². The van der Waals surface area contributed by atoms with Crippen LogP contribution in [0.3, 0.4) is 0 Å². The molecule has 7 nitrogen and oxygen atoms in total. The Hall–Kier alpha value is -2.18. The third-order valence-electron chi connectivity index (χ3n) is 3.39. The van der Waals surface area contributed by atoms with E-state index in [0.29, 0.717) is 31.7 Å². The number of likely N-dealkylation sites (tertiary alicyclic amines) is 1. The third kappa shape index (κ3) is 4.18. The van der Waals surface area contributed by atoms with Gasteiger partial charge >= 0.3 is 12.0 Å². The molecule has 1 unspecified atom stereocenters. The topological polar surface area (TPSA) is 95.4 Å². The number of aliphatic carboxylic acids is 1. The molecule has 1 aromatic heterocycles. The minimum absolute atomic E-state index is 0.131. The molecule has 1 saturated heterocycles. The highest BCUT2D eigenvalue weighted by molar-refractivity contribution is 5.74. The van der Waals surface area contributed by atoms with Crippen LogP contribution in [0, 0.1) is 5.92 Å². The number of aromatic nitrogens is 2. The summed E-state index contributed by atoms with van der Waals surface area (Å²) < 4.78 is 0. The predicted octanol–water partition coefficient (Wildman–Crippen LogP) is 0.873. The van der Waals surface area contributed by atoms with Crippen molar-refractivity contribution in [2.24, 2.45) is 5.92 Å². The second-order valence-electron chi connectivity index (χ2n) is 4.91. The minimum atomic E-state index is -0.782. The van der Waals surface area contributed by atoms with Crippen molar-refractivity contribution >= 4 is 12.0 Å². The zero-order valence-electron chi connectivity index (χ0n) is 11.2. The third-order valence-corrected chi connectivity index (χ3v) is 3.39. The highest BCUT2D eigenvalue weighted by Gasteiger charge is 2.26. The lowest BCUT2D eigenvalue weighted by molar-refractivity contribution is -0.137. The van der Waals surface area contributed by atoms with Gasteiger partial charge in [0, 0.05) is 25.7 Å². The van der Waals surface area contributed by atoms with Crippen LogP contribution in [0.2, 0.25) is 0 Å². The molecule has 0 saturated carbocycles. The smallest absolute Gasteiger partial charge is 0.317 e. The Kier molecular flexibility index (Phi) is 4.86. The predicted molar refractivity (Wildman–Crippen MR) is 70.8 cm³/mol. The number of carbonyl (C=O) groups is 2. The van der Waals surface area contributed by atoms with Gasteiger partial charge in [-0.15, -0.1) is 0 Å². The highest BCUT2D eigenvalue weighted by Crippen LogP contribution is 2.20. The van der Waals surface area contributed by atoms with E-state index in [0.717, 1.165) is 6.42 Å². The number of carbonyl (C=O) groups excluding carboxylic acids is 1. The number of nitrogens with zero attached hydrogens (tertiary/aromatic N) is 3. The van der Waals surface area contributed by atoms with Gasteiger partial charge in [-0.25, -0.2) is 4.79 Å². The van der Waals surface area contributed by atoms with E-state index in [-0.39, 0.29) is 18.4 Å². The molecule has 1 aromatic rings. The Morgan fingerprint density at radius 2 is 2.35 bits per heavy atom. The lowest BCUT2D eigenvalue weighted by Crippen LogP contribution is -2.38. The Labute approximate surface area is 117 Å². The van der Waals surface area contributed by atoms with Crippen molar-refractivity contribution in [3.8, 4) is 0 Å². The summed E-state index contributed by atoms with van der Waals surface area (Å²) in [7, 11) is 0. The van der Waals surface area contributed by atoms with Crippen molar-refractivity contribution in [1.82, 2.24) is 20.4 Å². The molecule has 1 aliphatic heterocycles. The van der Waals surface area contributed by atoms with Crippen LogP contribution in [0.15, 0.2) is 18.3 Å². The summed E-state index contributed by atoms with van der Waals surface area (Å²) in [5.74, 6) is -0.496. The number of hydrogen-bond donors (Lipinski definition) is 2. The summed E-state index contributed by atoms with van der Waals surface area (Å²) in [6.45, 7) is 1.65. The largest absolute Gasteiger partial charge is 0.481 e. The van der Waals surface area contributed by atoms with Crippen molar-refractivity contribution in [2.75, 3.05) is 13.1 Å². The molecule has 2 amide bonds. The lowest BCUT2D eigenvalue weighted by Gasteiger charge is -2.17. The maximum absolute atomic E-state index is 12.0. The molecule has 0 radical (unpaired) electrons. The zero-order valence-corrected chi connectivity index (χ0v) is 11.2. The van der Waals surface area contributed by atoms with Crippen molar-refractivity contribution in [1.29, 1.82) is 0 Å². The number of carboxylic acids is 1. The van der Waals surface area contributed by atoms with Crippen LogP contribution < -0.4 is 5.32 Å². The van der Waals surface area contributed by atoms with Crippen LogP contribution >= 0.6 is 0 Å². The van der Waals surface area contributed by atoms with Crippen LogP contribution in [0.1, 0.15) is 25.0 Å². The first-order chi connectivity index (χ1) is 9.65. The van der Waals surface area contributed by atoms with Gasteiger partial charge in [-0.1, -0.05) is 0 Å². The van der Waals surface area contributed by atoms with Gasteiger partial charge in [-0.05, 0) is 30.9 Å². The normalized spacial score (nSPS) is 18.0. The highest BCUT2D eigenvalue weighted by atomic mass is 16.4. The quantitative estimate of drug-likeness (QED) is 0.833. The van der Waals surface area contributed by atoms with E-state index in [4.69, 9.17) is 5.11 Å². The molecule has 0 aromatic carbocycles. The van der Waals surface area contributed by atoms with E-state index in [1.165, 1.54) is 0 Å². The molecule has 1 atom stereocenters. The minimum Gasteiger partial charge on any atom is -0.481 e. The molecule has 20 heavy (non-hydrogen) atoms. The molecule has 0 spiro atoms. The number of amides is 2. The summed E-state index contributed by atoms with van der Waals surface area (Å²) in [5.41, 5.74) is 0.711. The second-order valence-corrected chi connectivity index (χ2v) is 4.91. The number of carboxylic acid groups (broad SMARTS) is 1. The Morgan fingerprint density at radius 3 is 3.05 bits per heavy atom. The number of nitrogens with one attached hydrogen (secondary N) is 1. The Morgan fingerprint density at radius 1 is 1.50 bits per heavy atom. The van der Waals surface area contributed by atoms with Crippen LogP contribution in [-0.2, 0) is 11.3 Å². The van der Waals surface area contributed by atoms with Gasteiger partial charge < -0.3 is 15.3 Å². The summed E-state index contributed by atoms with van der Waals surface area (Å²) >= 11 is 0. The average Bonchev–Trinajstić information content (AvgIpc) is 2.92. The molecule has 7 heteroatoms. The molecule has 1 aliphatic rings. The zero-order chi connectivity index (χ0) is 14.4. The molecule has 0 aliphatic carbocycles. The molecule has 0 bridgehead atoms. The van der Waals surface area contributed by atoms with E-state index in [2.05, 4.69) is 15.5 Å². The van der Waals surface area contributed by atoms with Gasteiger partial charge in [0.1, 0.15) is 0 Å². The standard InChI is InChI=1S/C13H18N4O3/c18-12(19)4-3-10-5-7-17(9-10)13(20)14-8-11-2-1-6-15-16-11/h1-2,6,10H,3-5,7-9H2,(H,14,20)(H,18,19). The van der Waals surface area contributed by atoms with Gasteiger partial charge in [0.25, 0.3) is 0 Å². The monoisotopic (exact) mass is 278 g/mol. The van der Waals surface area contributed by atoms with E-state index in [9.17, 15) is 9.59 Å². The van der Waals surface area contributed by atoms with Crippen molar-refractivity contribution in [3.63, 3.8) is 0 Å². The van der Waals surface area contributed by atoms with E-state index in [1.807, 2.05) is 0 Å². The number of urea groups is 1. The maximum Gasteiger partial charge on any atom is 0.317 e. The van der Waals surface area contributed by atoms with Crippen LogP contribution in [-0.4, -0.2) is 45.3 Å². The maximum atomic E-state index is 12.0. The fourth-order valence-corrected chi connectivity index (χ4v) is 2.29. The van der Waals surface area contributed by atoms with E-state index in [1.54, 1.807) is 23.2 Å². The molecule has 2 heterocycles. The fraction of sp³-hybridized carbons (Fsp3) is 0.538. The summed E-state index contributed by atoms with van der Waals surface area (Å²) in [4.78, 5) is 24.2. The second kappa shape index (κ2) is 6.83. The van der Waals surface area contributed by atoms with Crippen molar-refractivity contribution in [3.05, 3.63) is 24.0 Å². The molecule has 2 N–H and O–H groups in total. The summed E-state index contributed by atoms with van der Waals surface area (Å²) in [6, 6.07) is 3.44. The molecule has 108 valence electrons. The van der Waals surface area contributed by atoms with Crippen molar-refractivity contribution < 1.29 is 14.7 Å². The molecule has 2 rings (SSSR count). The summed E-state index contributed by atoms with van der Waals surface area (Å²) in [6.07, 6.45) is 3.24.